The summed E-state index contributed by atoms with van der Waals surface area (Å²) in [6.45, 7) is 11.7. The lowest BCUT2D eigenvalue weighted by Crippen LogP contribution is -2.57. The quantitative estimate of drug-likeness (QED) is 0.831. The minimum atomic E-state index is 0.277. The van der Waals surface area contributed by atoms with E-state index in [0.717, 1.165) is 19.6 Å². The zero-order valence-electron chi connectivity index (χ0n) is 13.1. The largest absolute Gasteiger partial charge is 0.310 e. The first-order valence-electron chi connectivity index (χ1n) is 7.44. The Bertz CT molecular complexity index is 476. The third-order valence-electron chi connectivity index (χ3n) is 4.10. The van der Waals surface area contributed by atoms with Crippen molar-refractivity contribution in [3.05, 3.63) is 35.9 Å². The molecule has 1 N–H and O–H groups in total. The van der Waals surface area contributed by atoms with Crippen LogP contribution in [0.4, 0.5) is 0 Å². The molecule has 1 aromatic carbocycles. The van der Waals surface area contributed by atoms with Crippen molar-refractivity contribution in [1.29, 1.82) is 0 Å². The molecule has 0 saturated carbocycles. The van der Waals surface area contributed by atoms with Crippen LogP contribution >= 0.6 is 0 Å². The SMILES string of the molecule is CC#CCN1CC(C(C)(C)C)NCC1c1ccccc1. The van der Waals surface area contributed by atoms with Gasteiger partial charge in [-0.05, 0) is 17.9 Å². The zero-order chi connectivity index (χ0) is 14.6. The van der Waals surface area contributed by atoms with E-state index < -0.39 is 0 Å². The van der Waals surface area contributed by atoms with Crippen LogP contribution in [0.25, 0.3) is 0 Å². The maximum atomic E-state index is 3.72. The van der Waals surface area contributed by atoms with Gasteiger partial charge in [0.05, 0.1) is 6.54 Å². The average molecular weight is 270 g/mol. The summed E-state index contributed by atoms with van der Waals surface area (Å²) >= 11 is 0. The van der Waals surface area contributed by atoms with Crippen LogP contribution in [0.5, 0.6) is 0 Å². The summed E-state index contributed by atoms with van der Waals surface area (Å²) in [5, 5.41) is 3.72. The lowest BCUT2D eigenvalue weighted by atomic mass is 9.84. The molecule has 2 rings (SSSR count). The van der Waals surface area contributed by atoms with E-state index in [1.165, 1.54) is 5.56 Å². The molecular formula is C18H26N2. The Morgan fingerprint density at radius 3 is 2.55 bits per heavy atom. The Morgan fingerprint density at radius 2 is 1.95 bits per heavy atom. The third kappa shape index (κ3) is 3.62. The Hall–Kier alpha value is -1.30. The third-order valence-corrected chi connectivity index (χ3v) is 4.10. The van der Waals surface area contributed by atoms with Gasteiger partial charge >= 0.3 is 0 Å². The van der Waals surface area contributed by atoms with Crippen LogP contribution in [0.1, 0.15) is 39.3 Å². The summed E-state index contributed by atoms with van der Waals surface area (Å²) < 4.78 is 0. The zero-order valence-corrected chi connectivity index (χ0v) is 13.1. The normalized spacial score (nSPS) is 24.0. The highest BCUT2D eigenvalue weighted by Crippen LogP contribution is 2.29. The number of nitrogens with one attached hydrogen (secondary N) is 1. The van der Waals surface area contributed by atoms with Crippen molar-refractivity contribution in [2.24, 2.45) is 5.41 Å². The number of nitrogens with zero attached hydrogens (tertiary/aromatic N) is 1. The Morgan fingerprint density at radius 1 is 1.25 bits per heavy atom. The molecule has 108 valence electrons. The van der Waals surface area contributed by atoms with Crippen molar-refractivity contribution in [3.63, 3.8) is 0 Å². The molecule has 20 heavy (non-hydrogen) atoms. The van der Waals surface area contributed by atoms with Gasteiger partial charge in [0.1, 0.15) is 0 Å². The minimum absolute atomic E-state index is 0.277. The minimum Gasteiger partial charge on any atom is -0.310 e. The standard InChI is InChI=1S/C18H26N2/c1-5-6-12-20-14-17(18(2,3)4)19-13-16(20)15-10-8-7-9-11-15/h7-11,16-17,19H,12-14H2,1-4H3. The highest BCUT2D eigenvalue weighted by molar-refractivity contribution is 5.21. The molecule has 2 unspecified atom stereocenters. The highest BCUT2D eigenvalue weighted by atomic mass is 15.2. The summed E-state index contributed by atoms with van der Waals surface area (Å²) in [6.07, 6.45) is 0. The molecule has 1 fully saturated rings. The smallest absolute Gasteiger partial charge is 0.0607 e. The maximum Gasteiger partial charge on any atom is 0.0607 e. The number of hydrogen-bond donors (Lipinski definition) is 1. The van der Waals surface area contributed by atoms with Crippen LogP contribution in [0.3, 0.4) is 0 Å². The first-order chi connectivity index (χ1) is 9.52. The van der Waals surface area contributed by atoms with Gasteiger partial charge in [-0.15, -0.1) is 5.92 Å². The van der Waals surface area contributed by atoms with Crippen LogP contribution in [0.15, 0.2) is 30.3 Å². The highest BCUT2D eigenvalue weighted by Gasteiger charge is 2.34. The Labute approximate surface area is 123 Å². The van der Waals surface area contributed by atoms with Gasteiger partial charge in [0.25, 0.3) is 0 Å². The molecule has 0 bridgehead atoms. The number of benzene rings is 1. The summed E-state index contributed by atoms with van der Waals surface area (Å²) in [6, 6.07) is 11.7. The van der Waals surface area contributed by atoms with Crippen LogP contribution < -0.4 is 5.32 Å². The van der Waals surface area contributed by atoms with E-state index in [1.807, 2.05) is 6.92 Å². The molecule has 1 heterocycles. The van der Waals surface area contributed by atoms with Gasteiger partial charge in [-0.2, -0.15) is 0 Å². The second-order valence-corrected chi connectivity index (χ2v) is 6.61. The molecule has 1 saturated heterocycles. The predicted molar refractivity (Wildman–Crippen MR) is 85.5 cm³/mol. The second kappa shape index (κ2) is 6.43. The van der Waals surface area contributed by atoms with Gasteiger partial charge in [0, 0.05) is 25.2 Å². The van der Waals surface area contributed by atoms with Crippen LogP contribution in [-0.2, 0) is 0 Å². The van der Waals surface area contributed by atoms with Gasteiger partial charge in [0.15, 0.2) is 0 Å². The lowest BCUT2D eigenvalue weighted by molar-refractivity contribution is 0.0975. The van der Waals surface area contributed by atoms with Crippen molar-refractivity contribution in [3.8, 4) is 11.8 Å². The van der Waals surface area contributed by atoms with Gasteiger partial charge < -0.3 is 5.32 Å². The van der Waals surface area contributed by atoms with Crippen molar-refractivity contribution >= 4 is 0 Å². The van der Waals surface area contributed by atoms with Crippen molar-refractivity contribution < 1.29 is 0 Å². The lowest BCUT2D eigenvalue weighted by Gasteiger charge is -2.44. The summed E-state index contributed by atoms with van der Waals surface area (Å²) in [4.78, 5) is 2.51. The Kier molecular flexibility index (Phi) is 4.86. The fourth-order valence-corrected chi connectivity index (χ4v) is 2.75. The van der Waals surface area contributed by atoms with Crippen LogP contribution in [0.2, 0.25) is 0 Å². The predicted octanol–water partition coefficient (Wildman–Crippen LogP) is 3.07. The molecule has 0 amide bonds. The molecule has 0 radical (unpaired) electrons. The van der Waals surface area contributed by atoms with E-state index in [9.17, 15) is 0 Å². The summed E-state index contributed by atoms with van der Waals surface area (Å²) in [5.41, 5.74) is 1.66. The van der Waals surface area contributed by atoms with Crippen molar-refractivity contribution in [2.75, 3.05) is 19.6 Å². The first kappa shape index (κ1) is 15.1. The van der Waals surface area contributed by atoms with Crippen LogP contribution in [0, 0.1) is 17.3 Å². The fraction of sp³-hybridized carbons (Fsp3) is 0.556. The van der Waals surface area contributed by atoms with E-state index in [4.69, 9.17) is 0 Å². The van der Waals surface area contributed by atoms with E-state index in [2.05, 4.69) is 73.2 Å². The van der Waals surface area contributed by atoms with Crippen molar-refractivity contribution in [2.45, 2.75) is 39.8 Å². The molecule has 0 aromatic heterocycles. The molecule has 0 aliphatic carbocycles. The molecule has 2 atom stereocenters. The second-order valence-electron chi connectivity index (χ2n) is 6.61. The van der Waals surface area contributed by atoms with E-state index in [1.54, 1.807) is 0 Å². The first-order valence-corrected chi connectivity index (χ1v) is 7.44. The number of hydrogen-bond acceptors (Lipinski definition) is 2. The molecule has 2 nitrogen and oxygen atoms in total. The van der Waals surface area contributed by atoms with E-state index in [-0.39, 0.29) is 5.41 Å². The Balaban J connectivity index is 2.17. The average Bonchev–Trinajstić information content (AvgIpc) is 2.45. The van der Waals surface area contributed by atoms with E-state index >= 15 is 0 Å². The molecule has 1 aliphatic rings. The van der Waals surface area contributed by atoms with Crippen LogP contribution in [-0.4, -0.2) is 30.6 Å². The van der Waals surface area contributed by atoms with E-state index in [0.29, 0.717) is 12.1 Å². The maximum absolute atomic E-state index is 3.72. The van der Waals surface area contributed by atoms with Gasteiger partial charge in [0.2, 0.25) is 0 Å². The molecule has 1 aliphatic heterocycles. The van der Waals surface area contributed by atoms with Gasteiger partial charge in [-0.1, -0.05) is 57.0 Å². The summed E-state index contributed by atoms with van der Waals surface area (Å²) in [5.74, 6) is 6.27. The molecule has 2 heteroatoms. The number of rotatable bonds is 2. The summed E-state index contributed by atoms with van der Waals surface area (Å²) in [7, 11) is 0. The molecule has 1 aromatic rings. The van der Waals surface area contributed by atoms with Gasteiger partial charge in [-0.25, -0.2) is 0 Å². The number of piperazine rings is 1. The van der Waals surface area contributed by atoms with Gasteiger partial charge in [-0.3, -0.25) is 4.90 Å². The van der Waals surface area contributed by atoms with Crippen molar-refractivity contribution in [1.82, 2.24) is 10.2 Å². The monoisotopic (exact) mass is 270 g/mol. The molecule has 0 spiro atoms. The molecular weight excluding hydrogens is 244 g/mol. The topological polar surface area (TPSA) is 15.3 Å². The fourth-order valence-electron chi connectivity index (χ4n) is 2.75.